The Kier molecular flexibility index (Phi) is 6.34. The molecule has 12 heavy (non-hydrogen) atoms. The molecular formula is C9H18O2Zn. The van der Waals surface area contributed by atoms with Crippen LogP contribution in [0.1, 0.15) is 26.7 Å². The number of rotatable bonds is 2. The summed E-state index contributed by atoms with van der Waals surface area (Å²) in [6.07, 6.45) is 2.30. The summed E-state index contributed by atoms with van der Waals surface area (Å²) in [6, 6.07) is 0. The normalized spacial score (nSPS) is 30.0. The zero-order chi connectivity index (χ0) is 8.27. The van der Waals surface area contributed by atoms with Crippen LogP contribution in [-0.4, -0.2) is 18.1 Å². The number of hydrogen-bond acceptors (Lipinski definition) is 1. The van der Waals surface area contributed by atoms with E-state index in [4.69, 9.17) is 4.74 Å². The van der Waals surface area contributed by atoms with Crippen molar-refractivity contribution in [1.82, 2.24) is 0 Å². The Hall–Kier alpha value is 0.543. The van der Waals surface area contributed by atoms with Crippen LogP contribution >= 0.6 is 0 Å². The fraction of sp³-hybridized carbons (Fsp3) is 0.889. The van der Waals surface area contributed by atoms with Crippen LogP contribution in [0.4, 0.5) is 0 Å². The molecule has 2 unspecified atom stereocenters. The molecule has 1 N–H and O–H groups in total. The molecule has 2 atom stereocenters. The predicted molar refractivity (Wildman–Crippen MR) is 44.9 cm³/mol. The maximum Gasteiger partial charge on any atom is 0.235 e. The summed E-state index contributed by atoms with van der Waals surface area (Å²) < 4.78 is 9.44. The van der Waals surface area contributed by atoms with Crippen molar-refractivity contribution >= 4 is 0 Å². The molecular weight excluding hydrogens is 205 g/mol. The van der Waals surface area contributed by atoms with E-state index in [0.29, 0.717) is 0 Å². The first-order chi connectivity index (χ1) is 5.24. The Labute approximate surface area is 87.8 Å². The maximum atomic E-state index is 5.32. The van der Waals surface area contributed by atoms with E-state index < -0.39 is 0 Å². The van der Waals surface area contributed by atoms with Crippen molar-refractivity contribution in [2.75, 3.05) is 7.11 Å². The molecule has 1 aliphatic rings. The van der Waals surface area contributed by atoms with Crippen molar-refractivity contribution in [3.8, 4) is 0 Å². The van der Waals surface area contributed by atoms with E-state index in [0.717, 1.165) is 24.7 Å². The molecule has 1 saturated heterocycles. The minimum absolute atomic E-state index is 0. The third-order valence-corrected chi connectivity index (χ3v) is 2.39. The van der Waals surface area contributed by atoms with Gasteiger partial charge in [-0.25, -0.2) is 6.61 Å². The minimum Gasteiger partial charge on any atom is -0.490 e. The van der Waals surface area contributed by atoms with Gasteiger partial charge in [-0.1, -0.05) is 19.8 Å². The summed E-state index contributed by atoms with van der Waals surface area (Å²) in [5.74, 6) is 1.51. The van der Waals surface area contributed by atoms with Gasteiger partial charge in [-0.2, -0.15) is 6.42 Å². The van der Waals surface area contributed by atoms with Gasteiger partial charge in [0.15, 0.2) is 0 Å². The SMILES string of the molecule is C[OH+]C1CC(C(C)C)C[CH-]O1.[Zn]. The van der Waals surface area contributed by atoms with Crippen LogP contribution in [0.25, 0.3) is 0 Å². The average molecular weight is 224 g/mol. The molecule has 0 radical (unpaired) electrons. The topological polar surface area (TPSA) is 22.0 Å². The van der Waals surface area contributed by atoms with Crippen LogP contribution < -0.4 is 0 Å². The quantitative estimate of drug-likeness (QED) is 0.397. The second-order valence-corrected chi connectivity index (χ2v) is 3.49. The van der Waals surface area contributed by atoms with E-state index in [1.807, 2.05) is 13.7 Å². The van der Waals surface area contributed by atoms with Gasteiger partial charge in [-0.05, 0) is 5.92 Å². The third kappa shape index (κ3) is 3.51. The molecule has 68 valence electrons. The van der Waals surface area contributed by atoms with E-state index in [1.165, 1.54) is 0 Å². The van der Waals surface area contributed by atoms with Crippen molar-refractivity contribution in [3.63, 3.8) is 0 Å². The maximum absolute atomic E-state index is 5.32. The van der Waals surface area contributed by atoms with Gasteiger partial charge >= 0.3 is 0 Å². The van der Waals surface area contributed by atoms with Gasteiger partial charge in [-0.15, -0.1) is 0 Å². The number of ether oxygens (including phenoxy) is 2. The summed E-state index contributed by atoms with van der Waals surface area (Å²) in [6.45, 7) is 6.43. The Balaban J connectivity index is 0.00000121. The van der Waals surface area contributed by atoms with E-state index >= 15 is 0 Å². The Morgan fingerprint density at radius 3 is 2.67 bits per heavy atom. The van der Waals surface area contributed by atoms with Crippen LogP contribution in [0, 0.1) is 18.4 Å². The predicted octanol–water partition coefficient (Wildman–Crippen LogP) is 1.71. The average Bonchev–Trinajstić information content (AvgIpc) is 2.05. The van der Waals surface area contributed by atoms with Gasteiger partial charge in [0.2, 0.25) is 6.29 Å². The van der Waals surface area contributed by atoms with Crippen molar-refractivity contribution in [2.45, 2.75) is 33.0 Å². The molecule has 2 nitrogen and oxygen atoms in total. The summed E-state index contributed by atoms with van der Waals surface area (Å²) in [5, 5.41) is 0. The van der Waals surface area contributed by atoms with Gasteiger partial charge in [0.05, 0.1) is 0 Å². The first-order valence-corrected chi connectivity index (χ1v) is 4.30. The molecule has 1 fully saturated rings. The summed E-state index contributed by atoms with van der Waals surface area (Å²) in [7, 11) is 1.82. The fourth-order valence-corrected chi connectivity index (χ4v) is 1.41. The van der Waals surface area contributed by atoms with Gasteiger partial charge in [-0.3, -0.25) is 0 Å². The number of aliphatic hydroxyl groups is 2. The molecule has 0 aromatic heterocycles. The van der Waals surface area contributed by atoms with E-state index in [2.05, 4.69) is 18.6 Å². The smallest absolute Gasteiger partial charge is 0.235 e. The van der Waals surface area contributed by atoms with Gasteiger partial charge in [0, 0.05) is 25.9 Å². The molecule has 0 aliphatic carbocycles. The molecule has 0 aromatic carbocycles. The molecule has 0 aromatic rings. The second-order valence-electron chi connectivity index (χ2n) is 3.49. The molecule has 3 heteroatoms. The molecule has 0 spiro atoms. The third-order valence-electron chi connectivity index (χ3n) is 2.39. The number of hydrogen-bond donors (Lipinski definition) is 0. The van der Waals surface area contributed by atoms with Gasteiger partial charge in [0.1, 0.15) is 7.11 Å². The van der Waals surface area contributed by atoms with Crippen LogP contribution in [-0.2, 0) is 24.2 Å². The minimum atomic E-state index is 0. The molecule has 1 rings (SSSR count). The van der Waals surface area contributed by atoms with Crippen LogP contribution in [0.2, 0.25) is 0 Å². The Morgan fingerprint density at radius 1 is 1.50 bits per heavy atom. The first-order valence-electron chi connectivity index (χ1n) is 4.30. The van der Waals surface area contributed by atoms with E-state index in [9.17, 15) is 0 Å². The van der Waals surface area contributed by atoms with Crippen molar-refractivity contribution in [2.24, 2.45) is 11.8 Å². The summed E-state index contributed by atoms with van der Waals surface area (Å²) in [4.78, 5) is 0. The van der Waals surface area contributed by atoms with E-state index in [-0.39, 0.29) is 25.8 Å². The van der Waals surface area contributed by atoms with Crippen LogP contribution in [0.5, 0.6) is 0 Å². The zero-order valence-corrected chi connectivity index (χ0v) is 11.3. The standard InChI is InChI=1S/C9H17O2.Zn/c1-7(2)8-4-5-11-9(6-8)10-3;/h5,7-9H,4,6H2,1-3H3;/q-1;/p+1. The van der Waals surface area contributed by atoms with Crippen molar-refractivity contribution in [3.05, 3.63) is 6.61 Å². The molecule has 1 heterocycles. The Morgan fingerprint density at radius 2 is 2.17 bits per heavy atom. The monoisotopic (exact) mass is 222 g/mol. The van der Waals surface area contributed by atoms with Crippen molar-refractivity contribution in [1.29, 1.82) is 0 Å². The van der Waals surface area contributed by atoms with E-state index in [1.54, 1.807) is 0 Å². The summed E-state index contributed by atoms with van der Waals surface area (Å²) in [5.41, 5.74) is 0. The summed E-state index contributed by atoms with van der Waals surface area (Å²) >= 11 is 0. The van der Waals surface area contributed by atoms with Crippen LogP contribution in [0.15, 0.2) is 0 Å². The largest absolute Gasteiger partial charge is 0.490 e. The Bertz CT molecular complexity index is 117. The van der Waals surface area contributed by atoms with Crippen molar-refractivity contribution < 1.29 is 29.0 Å². The van der Waals surface area contributed by atoms with Crippen LogP contribution in [0.3, 0.4) is 0 Å². The first kappa shape index (κ1) is 12.5. The van der Waals surface area contributed by atoms with Gasteiger partial charge in [0.25, 0.3) is 0 Å². The molecule has 0 amide bonds. The molecule has 0 saturated carbocycles. The fourth-order valence-electron chi connectivity index (χ4n) is 1.41. The van der Waals surface area contributed by atoms with Gasteiger partial charge < -0.3 is 9.47 Å². The second kappa shape index (κ2) is 6.07. The molecule has 0 bridgehead atoms. The zero-order valence-electron chi connectivity index (χ0n) is 8.29. The molecule has 1 aliphatic heterocycles.